The summed E-state index contributed by atoms with van der Waals surface area (Å²) in [6.45, 7) is 1.64. The zero-order valence-electron chi connectivity index (χ0n) is 16.9. The van der Waals surface area contributed by atoms with E-state index in [9.17, 15) is 19.3 Å². The van der Waals surface area contributed by atoms with Crippen molar-refractivity contribution in [3.63, 3.8) is 0 Å². The number of anilines is 1. The number of amides is 1. The Labute approximate surface area is 174 Å². The van der Waals surface area contributed by atoms with E-state index >= 15 is 0 Å². The SMILES string of the molecule is COc1cc(C(=O)Nc2cc(-n3nnnc3C)ccc2F)c([N+](=O)[O-])c(OC)c1OC. The Hall–Kier alpha value is -4.29. The lowest BCUT2D eigenvalue weighted by Gasteiger charge is -2.15. The van der Waals surface area contributed by atoms with Crippen LogP contribution in [0, 0.1) is 22.9 Å². The van der Waals surface area contributed by atoms with Crippen LogP contribution in [0.1, 0.15) is 16.2 Å². The maximum absolute atomic E-state index is 14.4. The highest BCUT2D eigenvalue weighted by atomic mass is 19.1. The highest BCUT2D eigenvalue weighted by molar-refractivity contribution is 6.08. The maximum Gasteiger partial charge on any atom is 0.327 e. The molecule has 0 aliphatic heterocycles. The number of halogens is 1. The second-order valence-electron chi connectivity index (χ2n) is 6.05. The minimum absolute atomic E-state index is 0.0219. The number of aryl methyl sites for hydroxylation is 1. The van der Waals surface area contributed by atoms with E-state index in [-0.39, 0.29) is 22.9 Å². The first-order chi connectivity index (χ1) is 14.8. The van der Waals surface area contributed by atoms with Crippen molar-refractivity contribution in [3.8, 4) is 22.9 Å². The fraction of sp³-hybridized carbons (Fsp3) is 0.222. The lowest BCUT2D eigenvalue weighted by Crippen LogP contribution is -2.16. The Morgan fingerprint density at radius 1 is 1.16 bits per heavy atom. The van der Waals surface area contributed by atoms with Gasteiger partial charge in [0, 0.05) is 6.07 Å². The molecule has 1 N–H and O–H groups in total. The number of rotatable bonds is 7. The zero-order chi connectivity index (χ0) is 22.7. The fourth-order valence-electron chi connectivity index (χ4n) is 2.90. The van der Waals surface area contributed by atoms with Gasteiger partial charge < -0.3 is 19.5 Å². The van der Waals surface area contributed by atoms with Gasteiger partial charge in [-0.1, -0.05) is 0 Å². The van der Waals surface area contributed by atoms with Gasteiger partial charge in [-0.05, 0) is 35.5 Å². The number of nitrogens with zero attached hydrogens (tertiary/aromatic N) is 5. The summed E-state index contributed by atoms with van der Waals surface area (Å²) in [5.41, 5.74) is -0.938. The molecule has 0 aliphatic rings. The van der Waals surface area contributed by atoms with Gasteiger partial charge in [-0.15, -0.1) is 5.10 Å². The predicted molar refractivity (Wildman–Crippen MR) is 105 cm³/mol. The Bertz CT molecular complexity index is 1160. The van der Waals surface area contributed by atoms with Crippen LogP contribution in [-0.4, -0.2) is 52.4 Å². The molecule has 0 bridgehead atoms. The fourth-order valence-corrected chi connectivity index (χ4v) is 2.90. The molecule has 1 amide bonds. The third-order valence-corrected chi connectivity index (χ3v) is 4.30. The number of hydrogen-bond donors (Lipinski definition) is 1. The molecule has 0 unspecified atom stereocenters. The van der Waals surface area contributed by atoms with Gasteiger partial charge in [0.1, 0.15) is 11.4 Å². The van der Waals surface area contributed by atoms with E-state index in [1.165, 1.54) is 38.1 Å². The molecule has 31 heavy (non-hydrogen) atoms. The number of benzene rings is 2. The summed E-state index contributed by atoms with van der Waals surface area (Å²) < 4.78 is 31.1. The van der Waals surface area contributed by atoms with Crippen molar-refractivity contribution >= 4 is 17.3 Å². The molecule has 3 rings (SSSR count). The summed E-state index contributed by atoms with van der Waals surface area (Å²) in [4.78, 5) is 23.8. The topological polar surface area (TPSA) is 144 Å². The number of nitro groups is 1. The summed E-state index contributed by atoms with van der Waals surface area (Å²) in [5, 5.41) is 25.1. The number of nitrogens with one attached hydrogen (secondary N) is 1. The summed E-state index contributed by atoms with van der Waals surface area (Å²) in [6, 6.07) is 4.92. The first-order valence-corrected chi connectivity index (χ1v) is 8.66. The molecule has 3 aromatic rings. The third kappa shape index (κ3) is 3.92. The molecular weight excluding hydrogens is 415 g/mol. The molecule has 0 saturated carbocycles. The molecule has 0 aliphatic carbocycles. The van der Waals surface area contributed by atoms with Crippen molar-refractivity contribution in [1.29, 1.82) is 0 Å². The summed E-state index contributed by atoms with van der Waals surface area (Å²) in [6.07, 6.45) is 0. The quantitative estimate of drug-likeness (QED) is 0.439. The maximum atomic E-state index is 14.4. The molecule has 1 heterocycles. The summed E-state index contributed by atoms with van der Waals surface area (Å²) in [7, 11) is 3.75. The normalized spacial score (nSPS) is 10.5. The van der Waals surface area contributed by atoms with Crippen LogP contribution in [0.2, 0.25) is 0 Å². The van der Waals surface area contributed by atoms with Crippen LogP contribution in [0.15, 0.2) is 24.3 Å². The van der Waals surface area contributed by atoms with E-state index < -0.39 is 27.9 Å². The van der Waals surface area contributed by atoms with Crippen molar-refractivity contribution in [2.75, 3.05) is 26.6 Å². The van der Waals surface area contributed by atoms with Gasteiger partial charge in [-0.3, -0.25) is 14.9 Å². The predicted octanol–water partition coefficient (Wildman–Crippen LogP) is 2.30. The zero-order valence-corrected chi connectivity index (χ0v) is 16.9. The Morgan fingerprint density at radius 3 is 2.42 bits per heavy atom. The van der Waals surface area contributed by atoms with E-state index in [0.717, 1.165) is 12.1 Å². The molecule has 13 heteroatoms. The number of nitro benzene ring substituents is 1. The smallest absolute Gasteiger partial charge is 0.327 e. The number of aromatic nitrogens is 4. The molecule has 12 nitrogen and oxygen atoms in total. The summed E-state index contributed by atoms with van der Waals surface area (Å²) >= 11 is 0. The number of tetrazole rings is 1. The largest absolute Gasteiger partial charge is 0.493 e. The highest BCUT2D eigenvalue weighted by Crippen LogP contribution is 2.46. The van der Waals surface area contributed by atoms with Crippen LogP contribution in [0.25, 0.3) is 5.69 Å². The van der Waals surface area contributed by atoms with E-state index in [2.05, 4.69) is 20.8 Å². The van der Waals surface area contributed by atoms with Crippen LogP contribution >= 0.6 is 0 Å². The van der Waals surface area contributed by atoms with Gasteiger partial charge in [0.05, 0.1) is 37.6 Å². The minimum Gasteiger partial charge on any atom is -0.493 e. The number of methoxy groups -OCH3 is 3. The van der Waals surface area contributed by atoms with E-state index in [4.69, 9.17) is 14.2 Å². The standard InChI is InChI=1S/C18H17FN6O6/c1-9-21-22-23-24(9)10-5-6-12(19)13(7-10)20-18(26)11-8-14(29-2)16(30-3)17(31-4)15(11)25(27)28/h5-8H,1-4H3,(H,20,26). The highest BCUT2D eigenvalue weighted by Gasteiger charge is 2.32. The van der Waals surface area contributed by atoms with Crippen molar-refractivity contribution < 1.29 is 28.3 Å². The van der Waals surface area contributed by atoms with Crippen molar-refractivity contribution in [3.05, 3.63) is 51.6 Å². The van der Waals surface area contributed by atoms with Crippen molar-refractivity contribution in [1.82, 2.24) is 20.2 Å². The van der Waals surface area contributed by atoms with Crippen LogP contribution in [0.3, 0.4) is 0 Å². The van der Waals surface area contributed by atoms with Gasteiger partial charge in [0.25, 0.3) is 5.91 Å². The molecular formula is C18H17FN6O6. The molecule has 0 atom stereocenters. The average molecular weight is 432 g/mol. The number of carbonyl (C=O) groups is 1. The van der Waals surface area contributed by atoms with Crippen molar-refractivity contribution in [2.24, 2.45) is 0 Å². The van der Waals surface area contributed by atoms with Crippen molar-refractivity contribution in [2.45, 2.75) is 6.92 Å². The molecule has 0 saturated heterocycles. The molecule has 2 aromatic carbocycles. The second-order valence-corrected chi connectivity index (χ2v) is 6.05. The number of ether oxygens (including phenoxy) is 3. The number of hydrogen-bond acceptors (Lipinski definition) is 9. The number of carbonyl (C=O) groups excluding carboxylic acids is 1. The molecule has 162 valence electrons. The third-order valence-electron chi connectivity index (χ3n) is 4.30. The van der Waals surface area contributed by atoms with Gasteiger partial charge >= 0.3 is 5.69 Å². The van der Waals surface area contributed by atoms with E-state index in [1.807, 2.05) is 0 Å². The van der Waals surface area contributed by atoms with Gasteiger partial charge in [-0.2, -0.15) is 4.68 Å². The first-order valence-electron chi connectivity index (χ1n) is 8.66. The lowest BCUT2D eigenvalue weighted by atomic mass is 10.1. The van der Waals surface area contributed by atoms with Crippen LogP contribution in [-0.2, 0) is 0 Å². The minimum atomic E-state index is -0.963. The Balaban J connectivity index is 2.08. The molecule has 0 spiro atoms. The van der Waals surface area contributed by atoms with Crippen LogP contribution < -0.4 is 19.5 Å². The van der Waals surface area contributed by atoms with E-state index in [1.54, 1.807) is 6.92 Å². The average Bonchev–Trinajstić information content (AvgIpc) is 3.19. The second kappa shape index (κ2) is 8.61. The molecule has 0 fully saturated rings. The van der Waals surface area contributed by atoms with Gasteiger partial charge in [0.15, 0.2) is 11.6 Å². The van der Waals surface area contributed by atoms with Gasteiger partial charge in [-0.25, -0.2) is 4.39 Å². The molecule has 1 aromatic heterocycles. The van der Waals surface area contributed by atoms with E-state index in [0.29, 0.717) is 11.5 Å². The van der Waals surface area contributed by atoms with Crippen LogP contribution in [0.4, 0.5) is 15.8 Å². The van der Waals surface area contributed by atoms with Gasteiger partial charge in [0.2, 0.25) is 11.5 Å². The molecule has 0 radical (unpaired) electrons. The monoisotopic (exact) mass is 432 g/mol. The first kappa shape index (κ1) is 21.4. The Morgan fingerprint density at radius 2 is 1.87 bits per heavy atom. The lowest BCUT2D eigenvalue weighted by molar-refractivity contribution is -0.386. The summed E-state index contributed by atoms with van der Waals surface area (Å²) in [5.74, 6) is -1.64. The Kier molecular flexibility index (Phi) is 5.95. The van der Waals surface area contributed by atoms with Crippen LogP contribution in [0.5, 0.6) is 17.2 Å².